The summed E-state index contributed by atoms with van der Waals surface area (Å²) in [6.45, 7) is 0. The summed E-state index contributed by atoms with van der Waals surface area (Å²) >= 11 is 0. The van der Waals surface area contributed by atoms with E-state index in [1.165, 1.54) is 0 Å². The standard InChI is InChI=1S/C8H6O6.4Li/c9-5-3(7(11)12)1-2-4(6(5)10)8(13)14;;;;/h1-2,9-10H,(H,11,12)(H,13,14);;;;/q;4*+1/p-4. The van der Waals surface area contributed by atoms with Crippen molar-refractivity contribution >= 4 is 11.9 Å². The first-order valence-corrected chi connectivity index (χ1v) is 3.39. The number of carbonyl (C=O) groups excluding carboxylic acids is 2. The number of hydrogen-bond donors (Lipinski definition) is 0. The van der Waals surface area contributed by atoms with Gasteiger partial charge in [0.15, 0.2) is 0 Å². The molecule has 0 amide bonds. The van der Waals surface area contributed by atoms with E-state index < -0.39 is 34.6 Å². The van der Waals surface area contributed by atoms with E-state index in [1.807, 2.05) is 0 Å². The van der Waals surface area contributed by atoms with Crippen LogP contribution in [0.1, 0.15) is 20.7 Å². The Morgan fingerprint density at radius 3 is 1.11 bits per heavy atom. The zero-order valence-electron chi connectivity index (χ0n) is 10.6. The van der Waals surface area contributed by atoms with Crippen molar-refractivity contribution in [1.29, 1.82) is 0 Å². The first kappa shape index (κ1) is 26.7. The van der Waals surface area contributed by atoms with Gasteiger partial charge in [-0.05, 0) is 11.1 Å². The number of rotatable bonds is 2. The second-order valence-electron chi connectivity index (χ2n) is 2.39. The Labute approximate surface area is 151 Å². The largest absolute Gasteiger partial charge is 1.00 e. The van der Waals surface area contributed by atoms with E-state index in [0.717, 1.165) is 0 Å². The molecule has 0 aliphatic heterocycles. The van der Waals surface area contributed by atoms with E-state index in [4.69, 9.17) is 0 Å². The number of aromatic carboxylic acids is 2. The van der Waals surface area contributed by atoms with E-state index in [9.17, 15) is 30.0 Å². The van der Waals surface area contributed by atoms with Crippen molar-refractivity contribution in [3.8, 4) is 11.5 Å². The van der Waals surface area contributed by atoms with Gasteiger partial charge in [0, 0.05) is 0 Å². The molecule has 0 radical (unpaired) electrons. The Morgan fingerprint density at radius 1 is 0.722 bits per heavy atom. The van der Waals surface area contributed by atoms with Crippen LogP contribution in [0.3, 0.4) is 0 Å². The van der Waals surface area contributed by atoms with Gasteiger partial charge < -0.3 is 30.0 Å². The van der Waals surface area contributed by atoms with E-state index in [-0.39, 0.29) is 75.4 Å². The summed E-state index contributed by atoms with van der Waals surface area (Å²) in [5.74, 6) is -6.47. The molecule has 0 atom stereocenters. The van der Waals surface area contributed by atoms with Gasteiger partial charge in [0.1, 0.15) is 0 Å². The Morgan fingerprint density at radius 2 is 0.944 bits per heavy atom. The maximum Gasteiger partial charge on any atom is 1.00 e. The van der Waals surface area contributed by atoms with Gasteiger partial charge in [0.2, 0.25) is 0 Å². The summed E-state index contributed by atoms with van der Waals surface area (Å²) in [4.78, 5) is 20.5. The molecule has 0 saturated heterocycles. The molecule has 0 unspecified atom stereocenters. The molecule has 0 fully saturated rings. The topological polar surface area (TPSA) is 126 Å². The minimum atomic E-state index is -1.82. The molecule has 0 aromatic heterocycles. The van der Waals surface area contributed by atoms with Crippen LogP contribution in [-0.4, -0.2) is 11.9 Å². The third-order valence-corrected chi connectivity index (χ3v) is 1.55. The minimum Gasteiger partial charge on any atom is -0.872 e. The zero-order chi connectivity index (χ0) is 10.9. The van der Waals surface area contributed by atoms with Gasteiger partial charge in [-0.1, -0.05) is 12.1 Å². The normalized spacial score (nSPS) is 7.56. The van der Waals surface area contributed by atoms with Crippen LogP contribution < -0.4 is 95.9 Å². The van der Waals surface area contributed by atoms with Gasteiger partial charge in [-0.3, -0.25) is 0 Å². The molecule has 0 aliphatic carbocycles. The fraction of sp³-hybridized carbons (Fsp3) is 0. The second kappa shape index (κ2) is 11.0. The van der Waals surface area contributed by atoms with Crippen LogP contribution in [0, 0.1) is 0 Å². The summed E-state index contributed by atoms with van der Waals surface area (Å²) in [5, 5.41) is 42.3. The smallest absolute Gasteiger partial charge is 0.872 e. The fourth-order valence-corrected chi connectivity index (χ4v) is 0.884. The first-order chi connectivity index (χ1) is 6.45. The molecule has 6 nitrogen and oxygen atoms in total. The molecule has 0 saturated carbocycles. The Bertz CT molecular complexity index is 383. The molecule has 0 heterocycles. The van der Waals surface area contributed by atoms with E-state index in [0.29, 0.717) is 12.1 Å². The van der Waals surface area contributed by atoms with Crippen LogP contribution in [0.4, 0.5) is 0 Å². The molecular formula is C8H2Li4O6. The summed E-state index contributed by atoms with van der Waals surface area (Å²) in [6, 6.07) is 1.40. The summed E-state index contributed by atoms with van der Waals surface area (Å²) < 4.78 is 0. The molecule has 0 N–H and O–H groups in total. The molecule has 18 heavy (non-hydrogen) atoms. The van der Waals surface area contributed by atoms with Crippen LogP contribution >= 0.6 is 0 Å². The minimum absolute atomic E-state index is 0. The molecule has 0 aliphatic rings. The summed E-state index contributed by atoms with van der Waals surface area (Å²) in [6.07, 6.45) is 0. The van der Waals surface area contributed by atoms with Gasteiger partial charge in [-0.15, -0.1) is 11.5 Å². The van der Waals surface area contributed by atoms with Crippen LogP contribution in [0.5, 0.6) is 11.5 Å². The Balaban J connectivity index is -0.000000245. The van der Waals surface area contributed by atoms with Crippen molar-refractivity contribution < 1.29 is 105 Å². The third kappa shape index (κ3) is 5.86. The maximum atomic E-state index is 10.9. The van der Waals surface area contributed by atoms with Gasteiger partial charge in [0.25, 0.3) is 0 Å². The molecule has 0 bridgehead atoms. The first-order valence-electron chi connectivity index (χ1n) is 3.39. The molecule has 0 spiro atoms. The van der Waals surface area contributed by atoms with E-state index in [2.05, 4.69) is 0 Å². The van der Waals surface area contributed by atoms with Crippen molar-refractivity contribution in [3.63, 3.8) is 0 Å². The van der Waals surface area contributed by atoms with Crippen molar-refractivity contribution in [2.45, 2.75) is 0 Å². The number of carboxylic acid groups (broad SMARTS) is 2. The molecule has 1 aromatic carbocycles. The predicted molar refractivity (Wildman–Crippen MR) is 34.0 cm³/mol. The second-order valence-corrected chi connectivity index (χ2v) is 2.39. The van der Waals surface area contributed by atoms with Crippen LogP contribution in [0.15, 0.2) is 12.1 Å². The van der Waals surface area contributed by atoms with Gasteiger partial charge >= 0.3 is 75.4 Å². The van der Waals surface area contributed by atoms with Crippen molar-refractivity contribution in [2.75, 3.05) is 0 Å². The van der Waals surface area contributed by atoms with Gasteiger partial charge in [-0.2, -0.15) is 0 Å². The van der Waals surface area contributed by atoms with Gasteiger partial charge in [0.05, 0.1) is 11.9 Å². The maximum absolute atomic E-state index is 10.9. The number of carboxylic acids is 2. The van der Waals surface area contributed by atoms with Crippen molar-refractivity contribution in [2.24, 2.45) is 0 Å². The molecule has 1 rings (SSSR count). The van der Waals surface area contributed by atoms with Crippen LogP contribution in [0.25, 0.3) is 0 Å². The quantitative estimate of drug-likeness (QED) is 0.457. The SMILES string of the molecule is O=C([O-])c1ccc(C(=O)[O-])c([O-])c1[O-].[Li+].[Li+].[Li+].[Li+]. The average molecular weight is 222 g/mol. The van der Waals surface area contributed by atoms with Gasteiger partial charge in [-0.25, -0.2) is 0 Å². The monoisotopic (exact) mass is 222 g/mol. The Kier molecular flexibility index (Phi) is 16.3. The van der Waals surface area contributed by atoms with Crippen molar-refractivity contribution in [1.82, 2.24) is 0 Å². The van der Waals surface area contributed by atoms with Crippen LogP contribution in [0.2, 0.25) is 0 Å². The molecular weight excluding hydrogens is 220 g/mol. The molecule has 1 aromatic rings. The van der Waals surface area contributed by atoms with Crippen LogP contribution in [-0.2, 0) is 0 Å². The third-order valence-electron chi connectivity index (χ3n) is 1.55. The van der Waals surface area contributed by atoms with E-state index >= 15 is 0 Å². The predicted octanol–water partition coefficient (Wildman–Crippen LogP) is -15.4. The van der Waals surface area contributed by atoms with E-state index in [1.54, 1.807) is 0 Å². The molecule has 10 heteroatoms. The number of benzene rings is 1. The fourth-order valence-electron chi connectivity index (χ4n) is 0.884. The Hall–Kier alpha value is 0.150. The number of hydrogen-bond acceptors (Lipinski definition) is 6. The van der Waals surface area contributed by atoms with Crippen molar-refractivity contribution in [3.05, 3.63) is 23.3 Å². The zero-order valence-corrected chi connectivity index (χ0v) is 10.6. The number of carbonyl (C=O) groups is 2. The summed E-state index contributed by atoms with van der Waals surface area (Å²) in [5.41, 5.74) is -1.72. The summed E-state index contributed by atoms with van der Waals surface area (Å²) in [7, 11) is 0. The molecule has 74 valence electrons. The average Bonchev–Trinajstić information content (AvgIpc) is 2.08.